The van der Waals surface area contributed by atoms with Crippen LogP contribution in [0.25, 0.3) is 0 Å². The summed E-state index contributed by atoms with van der Waals surface area (Å²) in [6.07, 6.45) is 0. The number of sulfonamides is 1. The number of hydrogen-bond donors (Lipinski definition) is 1. The largest absolute Gasteiger partial charge is 0.348 e. The second-order valence-electron chi connectivity index (χ2n) is 5.40. The number of nitrogens with one attached hydrogen (secondary N) is 1. The van der Waals surface area contributed by atoms with Gasteiger partial charge in [0.25, 0.3) is 5.91 Å². The Labute approximate surface area is 157 Å². The van der Waals surface area contributed by atoms with Gasteiger partial charge in [-0.2, -0.15) is 4.31 Å². The van der Waals surface area contributed by atoms with E-state index in [0.29, 0.717) is 25.2 Å². The van der Waals surface area contributed by atoms with Crippen LogP contribution in [0.1, 0.15) is 29.8 Å². The summed E-state index contributed by atoms with van der Waals surface area (Å²) in [5.74, 6) is -0.188. The molecule has 5 nitrogen and oxygen atoms in total. The molecule has 0 fully saturated rings. The SMILES string of the molecule is CCN(CC)S(=O)(=O)c1ccc(CNC(=O)c2ccccc2Br)cc1. The van der Waals surface area contributed by atoms with Crippen molar-refractivity contribution in [3.8, 4) is 0 Å². The lowest BCUT2D eigenvalue weighted by Gasteiger charge is -2.18. The van der Waals surface area contributed by atoms with Crippen molar-refractivity contribution in [3.63, 3.8) is 0 Å². The molecule has 1 amide bonds. The smallest absolute Gasteiger partial charge is 0.252 e. The van der Waals surface area contributed by atoms with Gasteiger partial charge in [0.2, 0.25) is 10.0 Å². The van der Waals surface area contributed by atoms with Gasteiger partial charge in [-0.3, -0.25) is 4.79 Å². The molecule has 0 saturated heterocycles. The average Bonchev–Trinajstić information content (AvgIpc) is 2.61. The molecule has 25 heavy (non-hydrogen) atoms. The van der Waals surface area contributed by atoms with Crippen LogP contribution in [0, 0.1) is 0 Å². The molecule has 0 aromatic heterocycles. The quantitative estimate of drug-likeness (QED) is 0.740. The van der Waals surface area contributed by atoms with Gasteiger partial charge in [-0.05, 0) is 45.8 Å². The molecule has 0 radical (unpaired) electrons. The first kappa shape index (κ1) is 19.6. The highest BCUT2D eigenvalue weighted by atomic mass is 79.9. The van der Waals surface area contributed by atoms with Gasteiger partial charge in [-0.25, -0.2) is 8.42 Å². The van der Waals surface area contributed by atoms with Crippen LogP contribution in [0.15, 0.2) is 57.9 Å². The lowest BCUT2D eigenvalue weighted by molar-refractivity contribution is 0.0950. The Bertz CT molecular complexity index is 832. The van der Waals surface area contributed by atoms with E-state index in [2.05, 4.69) is 21.2 Å². The van der Waals surface area contributed by atoms with Gasteiger partial charge in [-0.1, -0.05) is 38.1 Å². The summed E-state index contributed by atoms with van der Waals surface area (Å²) in [5.41, 5.74) is 1.39. The Morgan fingerprint density at radius 2 is 1.64 bits per heavy atom. The highest BCUT2D eigenvalue weighted by Gasteiger charge is 2.21. The number of carbonyl (C=O) groups excluding carboxylic acids is 1. The molecule has 0 saturated carbocycles. The summed E-state index contributed by atoms with van der Waals surface area (Å²) in [6, 6.07) is 13.8. The van der Waals surface area contributed by atoms with E-state index in [0.717, 1.165) is 10.0 Å². The predicted octanol–water partition coefficient (Wildman–Crippen LogP) is 3.41. The van der Waals surface area contributed by atoms with Gasteiger partial charge < -0.3 is 5.32 Å². The molecular weight excluding hydrogens is 404 g/mol. The zero-order chi connectivity index (χ0) is 18.4. The van der Waals surface area contributed by atoms with E-state index in [9.17, 15) is 13.2 Å². The van der Waals surface area contributed by atoms with Crippen molar-refractivity contribution in [2.45, 2.75) is 25.3 Å². The van der Waals surface area contributed by atoms with Crippen molar-refractivity contribution in [3.05, 3.63) is 64.1 Å². The van der Waals surface area contributed by atoms with Gasteiger partial charge in [0, 0.05) is 24.1 Å². The van der Waals surface area contributed by atoms with E-state index < -0.39 is 10.0 Å². The first-order chi connectivity index (χ1) is 11.9. The summed E-state index contributed by atoms with van der Waals surface area (Å²) in [6.45, 7) is 4.82. The maximum absolute atomic E-state index is 12.4. The van der Waals surface area contributed by atoms with Crippen LogP contribution in [-0.4, -0.2) is 31.7 Å². The molecule has 2 rings (SSSR count). The molecule has 2 aromatic rings. The maximum atomic E-state index is 12.4. The molecule has 1 N–H and O–H groups in total. The Balaban J connectivity index is 2.06. The van der Waals surface area contributed by atoms with E-state index in [1.54, 1.807) is 36.4 Å². The highest BCUT2D eigenvalue weighted by molar-refractivity contribution is 9.10. The van der Waals surface area contributed by atoms with Crippen LogP contribution in [-0.2, 0) is 16.6 Å². The molecular formula is C18H21BrN2O3S. The Hall–Kier alpha value is -1.70. The molecule has 7 heteroatoms. The first-order valence-electron chi connectivity index (χ1n) is 8.02. The van der Waals surface area contributed by atoms with Crippen molar-refractivity contribution in [2.75, 3.05) is 13.1 Å². The summed E-state index contributed by atoms with van der Waals surface area (Å²) in [4.78, 5) is 12.4. The third-order valence-electron chi connectivity index (χ3n) is 3.84. The van der Waals surface area contributed by atoms with Crippen LogP contribution in [0.3, 0.4) is 0 Å². The maximum Gasteiger partial charge on any atom is 0.252 e. The van der Waals surface area contributed by atoms with E-state index in [4.69, 9.17) is 0 Å². The van der Waals surface area contributed by atoms with Crippen LogP contribution >= 0.6 is 15.9 Å². The van der Waals surface area contributed by atoms with E-state index in [1.807, 2.05) is 26.0 Å². The van der Waals surface area contributed by atoms with Crippen molar-refractivity contribution in [2.24, 2.45) is 0 Å². The number of nitrogens with zero attached hydrogens (tertiary/aromatic N) is 1. The average molecular weight is 425 g/mol. The normalized spacial score (nSPS) is 11.5. The number of amides is 1. The molecule has 2 aromatic carbocycles. The molecule has 0 heterocycles. The van der Waals surface area contributed by atoms with Gasteiger partial charge in [0.05, 0.1) is 10.5 Å². The highest BCUT2D eigenvalue weighted by Crippen LogP contribution is 2.17. The fourth-order valence-corrected chi connectivity index (χ4v) is 4.34. The lowest BCUT2D eigenvalue weighted by atomic mass is 10.2. The van der Waals surface area contributed by atoms with Crippen molar-refractivity contribution in [1.29, 1.82) is 0 Å². The second kappa shape index (κ2) is 8.60. The number of halogens is 1. The molecule has 134 valence electrons. The van der Waals surface area contributed by atoms with Gasteiger partial charge in [0.15, 0.2) is 0 Å². The number of carbonyl (C=O) groups is 1. The first-order valence-corrected chi connectivity index (χ1v) is 10.2. The molecule has 0 aliphatic carbocycles. The van der Waals surface area contributed by atoms with Crippen LogP contribution < -0.4 is 5.32 Å². The van der Waals surface area contributed by atoms with Crippen molar-refractivity contribution < 1.29 is 13.2 Å². The van der Waals surface area contributed by atoms with E-state index >= 15 is 0 Å². The Morgan fingerprint density at radius 1 is 1.04 bits per heavy atom. The second-order valence-corrected chi connectivity index (χ2v) is 8.19. The molecule has 0 spiro atoms. The molecule has 0 bridgehead atoms. The predicted molar refractivity (Wildman–Crippen MR) is 102 cm³/mol. The van der Waals surface area contributed by atoms with Gasteiger partial charge in [-0.15, -0.1) is 0 Å². The minimum absolute atomic E-state index is 0.188. The summed E-state index contributed by atoms with van der Waals surface area (Å²) < 4.78 is 27.0. The molecule has 0 aliphatic rings. The van der Waals surface area contributed by atoms with Crippen molar-refractivity contribution >= 4 is 31.9 Å². The van der Waals surface area contributed by atoms with Crippen LogP contribution in [0.4, 0.5) is 0 Å². The molecule has 0 aliphatic heterocycles. The van der Waals surface area contributed by atoms with E-state index in [-0.39, 0.29) is 10.8 Å². The summed E-state index contributed by atoms with van der Waals surface area (Å²) in [5, 5.41) is 2.83. The summed E-state index contributed by atoms with van der Waals surface area (Å²) in [7, 11) is -3.46. The molecule has 0 unspecified atom stereocenters. The van der Waals surface area contributed by atoms with Crippen LogP contribution in [0.5, 0.6) is 0 Å². The monoisotopic (exact) mass is 424 g/mol. The van der Waals surface area contributed by atoms with E-state index in [1.165, 1.54) is 4.31 Å². The zero-order valence-electron chi connectivity index (χ0n) is 14.2. The Morgan fingerprint density at radius 3 is 2.20 bits per heavy atom. The fraction of sp³-hybridized carbons (Fsp3) is 0.278. The van der Waals surface area contributed by atoms with Gasteiger partial charge in [0.1, 0.15) is 0 Å². The van der Waals surface area contributed by atoms with Crippen molar-refractivity contribution in [1.82, 2.24) is 9.62 Å². The topological polar surface area (TPSA) is 66.5 Å². The number of benzene rings is 2. The Kier molecular flexibility index (Phi) is 6.75. The fourth-order valence-electron chi connectivity index (χ4n) is 2.41. The third-order valence-corrected chi connectivity index (χ3v) is 6.59. The number of rotatable bonds is 7. The van der Waals surface area contributed by atoms with Crippen LogP contribution in [0.2, 0.25) is 0 Å². The summed E-state index contributed by atoms with van der Waals surface area (Å²) >= 11 is 3.35. The third kappa shape index (κ3) is 4.68. The minimum Gasteiger partial charge on any atom is -0.348 e. The zero-order valence-corrected chi connectivity index (χ0v) is 16.6. The number of hydrogen-bond acceptors (Lipinski definition) is 3. The molecule has 0 atom stereocenters. The van der Waals surface area contributed by atoms with Gasteiger partial charge >= 0.3 is 0 Å². The lowest BCUT2D eigenvalue weighted by Crippen LogP contribution is -2.30. The standard InChI is InChI=1S/C18H21BrN2O3S/c1-3-21(4-2)25(23,24)15-11-9-14(10-12-15)13-20-18(22)16-7-5-6-8-17(16)19/h5-12H,3-4,13H2,1-2H3,(H,20,22). The minimum atomic E-state index is -3.46.